The van der Waals surface area contributed by atoms with Crippen LogP contribution in [0, 0.1) is 0 Å². The maximum Gasteiger partial charge on any atom is 0.243 e. The van der Waals surface area contributed by atoms with E-state index < -0.39 is 10.0 Å². The van der Waals surface area contributed by atoms with Crippen LogP contribution in [0.5, 0.6) is 5.75 Å². The Morgan fingerprint density at radius 2 is 1.74 bits per heavy atom. The molecule has 19 heavy (non-hydrogen) atoms. The summed E-state index contributed by atoms with van der Waals surface area (Å²) >= 11 is 0. The first kappa shape index (κ1) is 12.9. The van der Waals surface area contributed by atoms with Gasteiger partial charge in [-0.05, 0) is 37.1 Å². The van der Waals surface area contributed by atoms with Crippen molar-refractivity contribution in [1.82, 2.24) is 9.62 Å². The van der Waals surface area contributed by atoms with E-state index in [2.05, 4.69) is 5.32 Å². The fourth-order valence-electron chi connectivity index (χ4n) is 3.00. The molecule has 1 aromatic rings. The number of rotatable bonds is 3. The Morgan fingerprint density at radius 3 is 2.26 bits per heavy atom. The largest absolute Gasteiger partial charge is 0.497 e. The summed E-state index contributed by atoms with van der Waals surface area (Å²) in [5.74, 6) is 0.669. The van der Waals surface area contributed by atoms with Gasteiger partial charge in [-0.2, -0.15) is 4.31 Å². The zero-order valence-electron chi connectivity index (χ0n) is 10.9. The summed E-state index contributed by atoms with van der Waals surface area (Å²) in [6.07, 6.45) is 1.90. The molecule has 2 aliphatic rings. The number of sulfonamides is 1. The van der Waals surface area contributed by atoms with Crippen molar-refractivity contribution in [2.75, 3.05) is 20.2 Å². The SMILES string of the molecule is COc1ccc(S(=O)(=O)N2C3CCC2CNC3)cc1. The minimum absolute atomic E-state index is 0.103. The molecule has 3 rings (SSSR count). The lowest BCUT2D eigenvalue weighted by Gasteiger charge is -2.34. The highest BCUT2D eigenvalue weighted by molar-refractivity contribution is 7.89. The molecule has 0 aromatic heterocycles. The maximum absolute atomic E-state index is 12.7. The van der Waals surface area contributed by atoms with Crippen molar-refractivity contribution in [2.24, 2.45) is 0 Å². The molecule has 2 fully saturated rings. The third-order valence-corrected chi connectivity index (χ3v) is 5.97. The summed E-state index contributed by atoms with van der Waals surface area (Å²) in [7, 11) is -1.82. The van der Waals surface area contributed by atoms with E-state index in [0.717, 1.165) is 25.9 Å². The topological polar surface area (TPSA) is 58.6 Å². The average molecular weight is 282 g/mol. The molecule has 2 atom stereocenters. The Balaban J connectivity index is 1.93. The van der Waals surface area contributed by atoms with Gasteiger partial charge in [0.25, 0.3) is 0 Å². The molecule has 104 valence electrons. The van der Waals surface area contributed by atoms with Crippen molar-refractivity contribution >= 4 is 10.0 Å². The van der Waals surface area contributed by atoms with Crippen LogP contribution >= 0.6 is 0 Å². The molecule has 2 heterocycles. The van der Waals surface area contributed by atoms with E-state index in [9.17, 15) is 8.42 Å². The number of nitrogens with zero attached hydrogens (tertiary/aromatic N) is 1. The summed E-state index contributed by atoms with van der Waals surface area (Å²) in [6, 6.07) is 6.83. The first-order valence-corrected chi connectivity index (χ1v) is 7.95. The van der Waals surface area contributed by atoms with Gasteiger partial charge in [-0.15, -0.1) is 0 Å². The monoisotopic (exact) mass is 282 g/mol. The van der Waals surface area contributed by atoms with E-state index in [1.54, 1.807) is 35.7 Å². The minimum Gasteiger partial charge on any atom is -0.497 e. The molecule has 1 N–H and O–H groups in total. The summed E-state index contributed by atoms with van der Waals surface area (Å²) in [4.78, 5) is 0.354. The number of ether oxygens (including phenoxy) is 1. The van der Waals surface area contributed by atoms with Crippen LogP contribution < -0.4 is 10.1 Å². The number of fused-ring (bicyclic) bond motifs is 2. The van der Waals surface area contributed by atoms with E-state index in [-0.39, 0.29) is 12.1 Å². The van der Waals surface area contributed by atoms with Crippen LogP contribution in [-0.2, 0) is 10.0 Å². The Bertz CT molecular complexity index is 540. The quantitative estimate of drug-likeness (QED) is 0.892. The first-order valence-electron chi connectivity index (χ1n) is 6.51. The zero-order chi connectivity index (χ0) is 13.5. The fraction of sp³-hybridized carbons (Fsp3) is 0.538. The molecule has 0 amide bonds. The number of nitrogens with one attached hydrogen (secondary N) is 1. The van der Waals surface area contributed by atoms with Crippen molar-refractivity contribution in [3.05, 3.63) is 24.3 Å². The Labute approximate surface area is 113 Å². The Morgan fingerprint density at radius 1 is 1.16 bits per heavy atom. The molecule has 5 nitrogen and oxygen atoms in total. The molecular formula is C13H18N2O3S. The highest BCUT2D eigenvalue weighted by Gasteiger charge is 2.44. The van der Waals surface area contributed by atoms with Crippen LogP contribution in [0.3, 0.4) is 0 Å². The standard InChI is InChI=1S/C13H18N2O3S/c1-18-12-4-6-13(7-5-12)19(16,17)15-10-2-3-11(15)9-14-8-10/h4-7,10-11,14H,2-3,8-9H2,1H3. The third-order valence-electron chi connectivity index (χ3n) is 3.95. The molecule has 2 unspecified atom stereocenters. The van der Waals surface area contributed by atoms with Gasteiger partial charge in [-0.25, -0.2) is 8.42 Å². The van der Waals surface area contributed by atoms with E-state index in [1.807, 2.05) is 0 Å². The van der Waals surface area contributed by atoms with Gasteiger partial charge >= 0.3 is 0 Å². The second-order valence-corrected chi connectivity index (χ2v) is 6.90. The van der Waals surface area contributed by atoms with Crippen molar-refractivity contribution in [2.45, 2.75) is 29.8 Å². The van der Waals surface area contributed by atoms with Gasteiger partial charge in [0.05, 0.1) is 12.0 Å². The van der Waals surface area contributed by atoms with Crippen LogP contribution in [0.4, 0.5) is 0 Å². The Kier molecular flexibility index (Phi) is 3.24. The van der Waals surface area contributed by atoms with E-state index in [0.29, 0.717) is 10.6 Å². The summed E-state index contributed by atoms with van der Waals surface area (Å²) in [6.45, 7) is 1.51. The highest BCUT2D eigenvalue weighted by atomic mass is 32.2. The minimum atomic E-state index is -3.39. The van der Waals surface area contributed by atoms with E-state index in [1.165, 1.54) is 0 Å². The van der Waals surface area contributed by atoms with Gasteiger partial charge in [0.15, 0.2) is 0 Å². The van der Waals surface area contributed by atoms with Gasteiger partial charge in [0.1, 0.15) is 5.75 Å². The second-order valence-electron chi connectivity index (χ2n) is 5.05. The highest BCUT2D eigenvalue weighted by Crippen LogP contribution is 2.33. The van der Waals surface area contributed by atoms with Gasteiger partial charge in [-0.3, -0.25) is 0 Å². The predicted molar refractivity (Wildman–Crippen MR) is 71.7 cm³/mol. The van der Waals surface area contributed by atoms with E-state index >= 15 is 0 Å². The number of piperazine rings is 1. The molecule has 2 bridgehead atoms. The molecule has 0 radical (unpaired) electrons. The molecule has 2 aliphatic heterocycles. The number of benzene rings is 1. The molecule has 0 saturated carbocycles. The number of methoxy groups -OCH3 is 1. The van der Waals surface area contributed by atoms with E-state index in [4.69, 9.17) is 4.74 Å². The van der Waals surface area contributed by atoms with Gasteiger partial charge in [-0.1, -0.05) is 0 Å². The summed E-state index contributed by atoms with van der Waals surface area (Å²) in [5, 5.41) is 3.29. The van der Waals surface area contributed by atoms with Crippen LogP contribution in [-0.4, -0.2) is 45.0 Å². The average Bonchev–Trinajstić information content (AvgIpc) is 2.70. The molecule has 1 aromatic carbocycles. The third kappa shape index (κ3) is 2.13. The number of hydrogen-bond donors (Lipinski definition) is 1. The predicted octanol–water partition coefficient (Wildman–Crippen LogP) is 0.820. The van der Waals surface area contributed by atoms with Crippen LogP contribution in [0.1, 0.15) is 12.8 Å². The zero-order valence-corrected chi connectivity index (χ0v) is 11.7. The lowest BCUT2D eigenvalue weighted by Crippen LogP contribution is -2.53. The van der Waals surface area contributed by atoms with Crippen molar-refractivity contribution in [3.8, 4) is 5.75 Å². The summed E-state index contributed by atoms with van der Waals surface area (Å²) in [5.41, 5.74) is 0. The lowest BCUT2D eigenvalue weighted by molar-refractivity contribution is 0.263. The molecular weight excluding hydrogens is 264 g/mol. The van der Waals surface area contributed by atoms with Gasteiger partial charge in [0.2, 0.25) is 10.0 Å². The first-order chi connectivity index (χ1) is 9.13. The fourth-order valence-corrected chi connectivity index (χ4v) is 4.87. The molecule has 0 aliphatic carbocycles. The lowest BCUT2D eigenvalue weighted by atomic mass is 10.2. The van der Waals surface area contributed by atoms with Crippen LogP contribution in [0.25, 0.3) is 0 Å². The van der Waals surface area contributed by atoms with Crippen molar-refractivity contribution < 1.29 is 13.2 Å². The summed E-state index contributed by atoms with van der Waals surface area (Å²) < 4.78 is 32.2. The maximum atomic E-state index is 12.7. The van der Waals surface area contributed by atoms with Gasteiger partial charge < -0.3 is 10.1 Å². The van der Waals surface area contributed by atoms with Crippen LogP contribution in [0.2, 0.25) is 0 Å². The van der Waals surface area contributed by atoms with Crippen LogP contribution in [0.15, 0.2) is 29.2 Å². The number of hydrogen-bond acceptors (Lipinski definition) is 4. The molecule has 0 spiro atoms. The van der Waals surface area contributed by atoms with Gasteiger partial charge in [0, 0.05) is 25.2 Å². The normalized spacial score (nSPS) is 27.4. The van der Waals surface area contributed by atoms with Crippen molar-refractivity contribution in [3.63, 3.8) is 0 Å². The smallest absolute Gasteiger partial charge is 0.243 e. The Hall–Kier alpha value is -1.11. The molecule has 2 saturated heterocycles. The molecule has 6 heteroatoms. The van der Waals surface area contributed by atoms with Crippen molar-refractivity contribution in [1.29, 1.82) is 0 Å². The second kappa shape index (κ2) is 4.77.